The molecule has 0 saturated heterocycles. The first-order valence-electron chi connectivity index (χ1n) is 5.32. The fourth-order valence-corrected chi connectivity index (χ4v) is 2.66. The zero-order chi connectivity index (χ0) is 12.8. The Kier molecular flexibility index (Phi) is 5.26. The van der Waals surface area contributed by atoms with Gasteiger partial charge in [-0.05, 0) is 31.5 Å². The third-order valence-electron chi connectivity index (χ3n) is 2.29. The average molecular weight is 254 g/mol. The van der Waals surface area contributed by atoms with Gasteiger partial charge in [-0.3, -0.25) is 4.21 Å². The fraction of sp³-hybridized carbons (Fsp3) is 0.417. The van der Waals surface area contributed by atoms with Crippen LogP contribution >= 0.6 is 0 Å². The van der Waals surface area contributed by atoms with Gasteiger partial charge in [-0.2, -0.15) is 5.26 Å². The van der Waals surface area contributed by atoms with Crippen LogP contribution in [0.1, 0.15) is 24.5 Å². The molecule has 2 unspecified atom stereocenters. The van der Waals surface area contributed by atoms with Crippen LogP contribution in [-0.4, -0.2) is 16.0 Å². The molecule has 92 valence electrons. The summed E-state index contributed by atoms with van der Waals surface area (Å²) >= 11 is 0. The second-order valence-corrected chi connectivity index (χ2v) is 5.55. The molecule has 3 nitrogen and oxygen atoms in total. The first kappa shape index (κ1) is 13.8. The second-order valence-electron chi connectivity index (χ2n) is 3.97. The van der Waals surface area contributed by atoms with E-state index in [0.29, 0.717) is 23.3 Å². The number of nitrogens with two attached hydrogens (primary N) is 1. The monoisotopic (exact) mass is 254 g/mol. The Bertz CT molecular complexity index is 454. The van der Waals surface area contributed by atoms with Crippen LogP contribution in [0.2, 0.25) is 0 Å². The van der Waals surface area contributed by atoms with Crippen molar-refractivity contribution in [2.24, 2.45) is 5.73 Å². The molecule has 0 spiro atoms. The lowest BCUT2D eigenvalue weighted by molar-refractivity contribution is 0.614. The molecule has 0 bridgehead atoms. The van der Waals surface area contributed by atoms with Crippen LogP contribution in [0, 0.1) is 17.1 Å². The molecule has 0 aliphatic carbocycles. The predicted molar refractivity (Wildman–Crippen MR) is 66.1 cm³/mol. The highest BCUT2D eigenvalue weighted by Gasteiger charge is 2.09. The quantitative estimate of drug-likeness (QED) is 0.869. The zero-order valence-electron chi connectivity index (χ0n) is 9.65. The van der Waals surface area contributed by atoms with Crippen molar-refractivity contribution >= 4 is 10.8 Å². The number of nitriles is 1. The van der Waals surface area contributed by atoms with Gasteiger partial charge in [-0.15, -0.1) is 0 Å². The number of benzene rings is 1. The molecular weight excluding hydrogens is 239 g/mol. The number of nitrogens with zero attached hydrogens (tertiary/aromatic N) is 1. The number of halogens is 1. The van der Waals surface area contributed by atoms with Gasteiger partial charge in [-0.1, -0.05) is 0 Å². The summed E-state index contributed by atoms with van der Waals surface area (Å²) < 4.78 is 25.1. The summed E-state index contributed by atoms with van der Waals surface area (Å²) in [7, 11) is -1.14. The van der Waals surface area contributed by atoms with Gasteiger partial charge in [0.25, 0.3) is 0 Å². The molecule has 0 aliphatic rings. The summed E-state index contributed by atoms with van der Waals surface area (Å²) in [6.45, 7) is 1.84. The van der Waals surface area contributed by atoms with Gasteiger partial charge < -0.3 is 5.73 Å². The summed E-state index contributed by atoms with van der Waals surface area (Å²) in [5.74, 6) is 0.167. The van der Waals surface area contributed by atoms with Crippen molar-refractivity contribution in [2.75, 3.05) is 5.75 Å². The maximum atomic E-state index is 13.4. The lowest BCUT2D eigenvalue weighted by Gasteiger charge is -2.06. The Labute approximate surface area is 103 Å². The normalized spacial score (nSPS) is 14.0. The second kappa shape index (κ2) is 6.48. The molecule has 0 aromatic heterocycles. The lowest BCUT2D eigenvalue weighted by Crippen LogP contribution is -2.18. The highest BCUT2D eigenvalue weighted by molar-refractivity contribution is 7.84. The molecule has 1 aromatic carbocycles. The average Bonchev–Trinajstić information content (AvgIpc) is 2.29. The van der Waals surface area contributed by atoms with E-state index in [0.717, 1.165) is 0 Å². The van der Waals surface area contributed by atoms with Crippen molar-refractivity contribution in [2.45, 2.75) is 25.1 Å². The summed E-state index contributed by atoms with van der Waals surface area (Å²) in [5, 5.41) is 8.70. The summed E-state index contributed by atoms with van der Waals surface area (Å²) in [6.07, 6.45) is 0.645. The molecule has 0 amide bonds. The highest BCUT2D eigenvalue weighted by Crippen LogP contribution is 2.13. The Balaban J connectivity index is 2.68. The molecule has 0 radical (unpaired) electrons. The van der Waals surface area contributed by atoms with E-state index < -0.39 is 16.6 Å². The third-order valence-corrected chi connectivity index (χ3v) is 3.62. The van der Waals surface area contributed by atoms with Crippen LogP contribution in [-0.2, 0) is 16.6 Å². The van der Waals surface area contributed by atoms with E-state index in [1.807, 2.05) is 13.0 Å². The van der Waals surface area contributed by atoms with Crippen molar-refractivity contribution in [1.82, 2.24) is 0 Å². The van der Waals surface area contributed by atoms with E-state index in [1.54, 1.807) is 0 Å². The molecule has 0 heterocycles. The number of hydrogen-bond acceptors (Lipinski definition) is 3. The summed E-state index contributed by atoms with van der Waals surface area (Å²) in [6, 6.07) is 6.01. The number of hydrogen-bond donors (Lipinski definition) is 1. The minimum atomic E-state index is -1.14. The first-order chi connectivity index (χ1) is 8.02. The molecule has 0 fully saturated rings. The fourth-order valence-electron chi connectivity index (χ4n) is 1.32. The van der Waals surface area contributed by atoms with Gasteiger partial charge in [-0.25, -0.2) is 4.39 Å². The zero-order valence-corrected chi connectivity index (χ0v) is 10.5. The van der Waals surface area contributed by atoms with E-state index in [1.165, 1.54) is 18.2 Å². The van der Waals surface area contributed by atoms with Gasteiger partial charge in [0.05, 0.1) is 17.4 Å². The molecule has 2 N–H and O–H groups in total. The van der Waals surface area contributed by atoms with Crippen LogP contribution < -0.4 is 5.73 Å². The maximum Gasteiger partial charge on any atom is 0.127 e. The minimum Gasteiger partial charge on any atom is -0.328 e. The topological polar surface area (TPSA) is 66.9 Å². The molecular formula is C12H15FN2OS. The van der Waals surface area contributed by atoms with E-state index >= 15 is 0 Å². The number of rotatable bonds is 5. The molecule has 2 atom stereocenters. The lowest BCUT2D eigenvalue weighted by atomic mass is 10.1. The largest absolute Gasteiger partial charge is 0.328 e. The Morgan fingerprint density at radius 3 is 2.88 bits per heavy atom. The molecule has 0 saturated carbocycles. The Morgan fingerprint density at radius 2 is 2.29 bits per heavy atom. The van der Waals surface area contributed by atoms with Crippen LogP contribution in [0.5, 0.6) is 0 Å². The first-order valence-corrected chi connectivity index (χ1v) is 6.81. The maximum absolute atomic E-state index is 13.4. The van der Waals surface area contributed by atoms with Crippen molar-refractivity contribution in [3.63, 3.8) is 0 Å². The molecule has 1 rings (SSSR count). The standard InChI is InChI=1S/C12H15FN2OS/c1-9(15)4-5-17(16)8-11-6-10(7-14)2-3-12(11)13/h2-3,6,9H,4-5,8,15H2,1H3. The Morgan fingerprint density at radius 1 is 1.59 bits per heavy atom. The molecule has 1 aromatic rings. The summed E-state index contributed by atoms with van der Waals surface area (Å²) in [5.41, 5.74) is 6.26. The minimum absolute atomic E-state index is 0.00533. The summed E-state index contributed by atoms with van der Waals surface area (Å²) in [4.78, 5) is 0. The van der Waals surface area contributed by atoms with Crippen LogP contribution in [0.25, 0.3) is 0 Å². The van der Waals surface area contributed by atoms with Gasteiger partial charge in [0.15, 0.2) is 0 Å². The van der Waals surface area contributed by atoms with Crippen LogP contribution in [0.4, 0.5) is 4.39 Å². The van der Waals surface area contributed by atoms with E-state index in [9.17, 15) is 8.60 Å². The highest BCUT2D eigenvalue weighted by atomic mass is 32.2. The van der Waals surface area contributed by atoms with Gasteiger partial charge in [0.1, 0.15) is 5.82 Å². The third kappa shape index (κ3) is 4.63. The van der Waals surface area contributed by atoms with Gasteiger partial charge >= 0.3 is 0 Å². The molecule has 17 heavy (non-hydrogen) atoms. The Hall–Kier alpha value is -1.25. The van der Waals surface area contributed by atoms with Crippen LogP contribution in [0.15, 0.2) is 18.2 Å². The molecule has 5 heteroatoms. The van der Waals surface area contributed by atoms with Gasteiger partial charge in [0, 0.05) is 28.2 Å². The van der Waals surface area contributed by atoms with E-state index in [4.69, 9.17) is 11.0 Å². The van der Waals surface area contributed by atoms with E-state index in [2.05, 4.69) is 0 Å². The van der Waals surface area contributed by atoms with Crippen molar-refractivity contribution in [1.29, 1.82) is 5.26 Å². The van der Waals surface area contributed by atoms with Crippen molar-refractivity contribution in [3.05, 3.63) is 35.1 Å². The van der Waals surface area contributed by atoms with Crippen molar-refractivity contribution in [3.8, 4) is 6.07 Å². The van der Waals surface area contributed by atoms with Crippen LogP contribution in [0.3, 0.4) is 0 Å². The predicted octanol–water partition coefficient (Wildman–Crippen LogP) is 1.68. The smallest absolute Gasteiger partial charge is 0.127 e. The van der Waals surface area contributed by atoms with E-state index in [-0.39, 0.29) is 11.8 Å². The van der Waals surface area contributed by atoms with Gasteiger partial charge in [0.2, 0.25) is 0 Å². The SMILES string of the molecule is CC(N)CCS(=O)Cc1cc(C#N)ccc1F. The molecule has 0 aliphatic heterocycles. The van der Waals surface area contributed by atoms with Crippen molar-refractivity contribution < 1.29 is 8.60 Å².